The summed E-state index contributed by atoms with van der Waals surface area (Å²) in [6, 6.07) is 5.34. The highest BCUT2D eigenvalue weighted by atomic mass is 16.6. The molecular formula is C11H17N3O2. The number of benzene rings is 1. The maximum Gasteiger partial charge on any atom is 0.295 e. The standard InChI is InChI=1S/C11H17N3O2/c1-9-5-3-6-10(11(9)14(15)16)13(2)8-4-7-12/h3,5-6H,4,7-8,12H2,1-2H3. The maximum absolute atomic E-state index is 11.0. The largest absolute Gasteiger partial charge is 0.369 e. The van der Waals surface area contributed by atoms with Gasteiger partial charge in [0.15, 0.2) is 0 Å². The third kappa shape index (κ3) is 2.70. The molecule has 0 saturated carbocycles. The van der Waals surface area contributed by atoms with Crippen LogP contribution < -0.4 is 10.6 Å². The van der Waals surface area contributed by atoms with Crippen molar-refractivity contribution in [2.24, 2.45) is 5.73 Å². The van der Waals surface area contributed by atoms with Crippen LogP contribution in [-0.2, 0) is 0 Å². The molecule has 0 radical (unpaired) electrons. The summed E-state index contributed by atoms with van der Waals surface area (Å²) in [5, 5.41) is 11.0. The topological polar surface area (TPSA) is 72.4 Å². The molecule has 16 heavy (non-hydrogen) atoms. The molecule has 0 aliphatic rings. The fraction of sp³-hybridized carbons (Fsp3) is 0.455. The van der Waals surface area contributed by atoms with Crippen molar-refractivity contribution in [2.75, 3.05) is 25.0 Å². The first-order chi connectivity index (χ1) is 7.57. The van der Waals surface area contributed by atoms with Crippen molar-refractivity contribution >= 4 is 11.4 Å². The zero-order valence-electron chi connectivity index (χ0n) is 9.64. The Hall–Kier alpha value is -1.62. The Morgan fingerprint density at radius 2 is 2.19 bits per heavy atom. The molecule has 0 fully saturated rings. The summed E-state index contributed by atoms with van der Waals surface area (Å²) in [4.78, 5) is 12.5. The molecule has 1 rings (SSSR count). The number of hydrogen-bond donors (Lipinski definition) is 1. The predicted molar refractivity (Wildman–Crippen MR) is 64.8 cm³/mol. The molecule has 0 unspecified atom stereocenters. The van der Waals surface area contributed by atoms with Gasteiger partial charge in [0, 0.05) is 19.2 Å². The first-order valence-electron chi connectivity index (χ1n) is 5.23. The lowest BCUT2D eigenvalue weighted by atomic mass is 10.1. The van der Waals surface area contributed by atoms with Crippen molar-refractivity contribution in [1.82, 2.24) is 0 Å². The SMILES string of the molecule is Cc1cccc(N(C)CCCN)c1[N+](=O)[O-]. The number of aryl methyl sites for hydroxylation is 1. The monoisotopic (exact) mass is 223 g/mol. The first-order valence-corrected chi connectivity index (χ1v) is 5.23. The summed E-state index contributed by atoms with van der Waals surface area (Å²) in [6.07, 6.45) is 0.821. The smallest absolute Gasteiger partial charge is 0.295 e. The molecule has 0 atom stereocenters. The Labute approximate surface area is 95.0 Å². The Bertz CT molecular complexity index is 379. The van der Waals surface area contributed by atoms with E-state index in [4.69, 9.17) is 5.73 Å². The van der Waals surface area contributed by atoms with Crippen LogP contribution in [0.25, 0.3) is 0 Å². The lowest BCUT2D eigenvalue weighted by molar-refractivity contribution is -0.384. The van der Waals surface area contributed by atoms with Gasteiger partial charge in [-0.3, -0.25) is 10.1 Å². The lowest BCUT2D eigenvalue weighted by Crippen LogP contribution is -2.22. The molecule has 2 N–H and O–H groups in total. The van der Waals surface area contributed by atoms with Gasteiger partial charge >= 0.3 is 0 Å². The molecule has 0 heterocycles. The van der Waals surface area contributed by atoms with E-state index in [2.05, 4.69) is 0 Å². The highest BCUT2D eigenvalue weighted by Gasteiger charge is 2.19. The van der Waals surface area contributed by atoms with Crippen molar-refractivity contribution in [3.63, 3.8) is 0 Å². The first kappa shape index (κ1) is 12.4. The van der Waals surface area contributed by atoms with Gasteiger partial charge < -0.3 is 10.6 Å². The molecule has 0 spiro atoms. The number of hydrogen-bond acceptors (Lipinski definition) is 4. The van der Waals surface area contributed by atoms with Crippen molar-refractivity contribution in [3.8, 4) is 0 Å². The highest BCUT2D eigenvalue weighted by Crippen LogP contribution is 2.30. The van der Waals surface area contributed by atoms with Crippen LogP contribution in [0.15, 0.2) is 18.2 Å². The van der Waals surface area contributed by atoms with Crippen LogP contribution in [0.1, 0.15) is 12.0 Å². The summed E-state index contributed by atoms with van der Waals surface area (Å²) in [7, 11) is 1.84. The van der Waals surface area contributed by atoms with Crippen molar-refractivity contribution in [2.45, 2.75) is 13.3 Å². The summed E-state index contributed by atoms with van der Waals surface area (Å²) in [5.41, 5.74) is 6.94. The number of nitrogens with zero attached hydrogens (tertiary/aromatic N) is 2. The van der Waals surface area contributed by atoms with Gasteiger partial charge in [0.05, 0.1) is 4.92 Å². The lowest BCUT2D eigenvalue weighted by Gasteiger charge is -2.19. The van der Waals surface area contributed by atoms with Crippen LogP contribution in [0, 0.1) is 17.0 Å². The van der Waals surface area contributed by atoms with E-state index in [-0.39, 0.29) is 10.6 Å². The second kappa shape index (κ2) is 5.46. The summed E-state index contributed by atoms with van der Waals surface area (Å²) >= 11 is 0. The van der Waals surface area contributed by atoms with E-state index in [0.717, 1.165) is 13.0 Å². The van der Waals surface area contributed by atoms with Crippen LogP contribution in [-0.4, -0.2) is 25.1 Å². The van der Waals surface area contributed by atoms with Gasteiger partial charge in [-0.25, -0.2) is 0 Å². The van der Waals surface area contributed by atoms with Gasteiger partial charge in [-0.15, -0.1) is 0 Å². The van der Waals surface area contributed by atoms with E-state index in [1.165, 1.54) is 0 Å². The molecule has 1 aromatic rings. The molecule has 0 saturated heterocycles. The molecule has 0 aromatic heterocycles. The zero-order valence-corrected chi connectivity index (χ0v) is 9.64. The minimum Gasteiger partial charge on any atom is -0.369 e. The summed E-state index contributed by atoms with van der Waals surface area (Å²) in [6.45, 7) is 3.06. The van der Waals surface area contributed by atoms with Gasteiger partial charge in [-0.1, -0.05) is 12.1 Å². The molecule has 5 nitrogen and oxygen atoms in total. The second-order valence-corrected chi connectivity index (χ2v) is 3.76. The number of anilines is 1. The fourth-order valence-corrected chi connectivity index (χ4v) is 1.64. The number of rotatable bonds is 5. The minimum absolute atomic E-state index is 0.182. The van der Waals surface area contributed by atoms with E-state index in [1.54, 1.807) is 19.1 Å². The maximum atomic E-state index is 11.0. The highest BCUT2D eigenvalue weighted by molar-refractivity contribution is 5.66. The molecular weight excluding hydrogens is 206 g/mol. The number of nitro groups is 1. The van der Waals surface area contributed by atoms with E-state index < -0.39 is 0 Å². The van der Waals surface area contributed by atoms with Crippen molar-refractivity contribution in [1.29, 1.82) is 0 Å². The Morgan fingerprint density at radius 1 is 1.50 bits per heavy atom. The van der Waals surface area contributed by atoms with Crippen LogP contribution >= 0.6 is 0 Å². The average Bonchev–Trinajstić information content (AvgIpc) is 2.24. The zero-order chi connectivity index (χ0) is 12.1. The normalized spacial score (nSPS) is 10.2. The van der Waals surface area contributed by atoms with Gasteiger partial charge in [-0.05, 0) is 26.0 Å². The molecule has 0 bridgehead atoms. The molecule has 5 heteroatoms. The van der Waals surface area contributed by atoms with Crippen LogP contribution in [0.5, 0.6) is 0 Å². The number of para-hydroxylation sites is 1. The molecule has 0 aliphatic carbocycles. The minimum atomic E-state index is -0.330. The van der Waals surface area contributed by atoms with Crippen LogP contribution in [0.3, 0.4) is 0 Å². The van der Waals surface area contributed by atoms with Crippen LogP contribution in [0.2, 0.25) is 0 Å². The Balaban J connectivity index is 3.02. The van der Waals surface area contributed by atoms with E-state index in [9.17, 15) is 10.1 Å². The fourth-order valence-electron chi connectivity index (χ4n) is 1.64. The molecule has 0 amide bonds. The quantitative estimate of drug-likeness (QED) is 0.609. The second-order valence-electron chi connectivity index (χ2n) is 3.76. The predicted octanol–water partition coefficient (Wildman–Crippen LogP) is 1.69. The number of nitro benzene ring substituents is 1. The van der Waals surface area contributed by atoms with E-state index >= 15 is 0 Å². The molecule has 1 aromatic carbocycles. The third-order valence-electron chi connectivity index (χ3n) is 2.51. The van der Waals surface area contributed by atoms with Gasteiger partial charge in [0.1, 0.15) is 5.69 Å². The number of nitrogens with two attached hydrogens (primary N) is 1. The van der Waals surface area contributed by atoms with E-state index in [0.29, 0.717) is 17.8 Å². The third-order valence-corrected chi connectivity index (χ3v) is 2.51. The average molecular weight is 223 g/mol. The van der Waals surface area contributed by atoms with Gasteiger partial charge in [0.25, 0.3) is 5.69 Å². The Kier molecular flexibility index (Phi) is 4.25. The molecule has 0 aliphatic heterocycles. The van der Waals surface area contributed by atoms with Crippen LogP contribution in [0.4, 0.5) is 11.4 Å². The summed E-state index contributed by atoms with van der Waals surface area (Å²) in [5.74, 6) is 0. The summed E-state index contributed by atoms with van der Waals surface area (Å²) < 4.78 is 0. The van der Waals surface area contributed by atoms with Crippen molar-refractivity contribution < 1.29 is 4.92 Å². The Morgan fingerprint density at radius 3 is 2.75 bits per heavy atom. The molecule has 88 valence electrons. The van der Waals surface area contributed by atoms with Gasteiger partial charge in [-0.2, -0.15) is 0 Å². The van der Waals surface area contributed by atoms with E-state index in [1.807, 2.05) is 18.0 Å². The van der Waals surface area contributed by atoms with Gasteiger partial charge in [0.2, 0.25) is 0 Å². The van der Waals surface area contributed by atoms with Crippen molar-refractivity contribution in [3.05, 3.63) is 33.9 Å².